The van der Waals surface area contributed by atoms with E-state index in [1.807, 2.05) is 18.2 Å². The van der Waals surface area contributed by atoms with Crippen molar-refractivity contribution < 1.29 is 45.8 Å². The standard InChI is InChI=1S/C33H39N7O2.C4F6O2/c1-2-27-31(36-20-29(33(41)42)35-19-22-9-10-23-6-3-4-7-26(23)18-22)37-21-38-32(27)40-16-13-24(14-17-40)28-12-11-25-8-5-15-34-30(25)39-28;5-3(6,7)1(11)2(12)4(8,9)10/h3-4,6-7,9-12,18,21,24,29,35H,2,5,8,13-17,19-20H2,1H3,(H,34,39)(H,41,42)(H,36,37,38);/t29-;/m0./s1. The summed E-state index contributed by atoms with van der Waals surface area (Å²) in [6.07, 6.45) is -4.91. The number of hydrogen-bond donors (Lipinski definition) is 4. The number of aryl methyl sites for hydroxylation is 1. The van der Waals surface area contributed by atoms with E-state index in [4.69, 9.17) is 4.98 Å². The number of halogens is 6. The summed E-state index contributed by atoms with van der Waals surface area (Å²) in [5.74, 6) is -4.58. The lowest BCUT2D eigenvalue weighted by atomic mass is 9.92. The van der Waals surface area contributed by atoms with Crippen LogP contribution < -0.4 is 20.9 Å². The smallest absolute Gasteiger partial charge is 0.458 e. The first kappa shape index (κ1) is 39.9. The van der Waals surface area contributed by atoms with Gasteiger partial charge in [-0.25, -0.2) is 15.0 Å². The van der Waals surface area contributed by atoms with E-state index in [1.54, 1.807) is 6.33 Å². The highest BCUT2D eigenvalue weighted by atomic mass is 19.4. The van der Waals surface area contributed by atoms with Gasteiger partial charge in [0.25, 0.3) is 0 Å². The van der Waals surface area contributed by atoms with Gasteiger partial charge in [0, 0.05) is 49.9 Å². The van der Waals surface area contributed by atoms with E-state index in [9.17, 15) is 45.8 Å². The fourth-order valence-corrected chi connectivity index (χ4v) is 6.40. The Labute approximate surface area is 306 Å². The van der Waals surface area contributed by atoms with Crippen molar-refractivity contribution in [3.63, 3.8) is 0 Å². The summed E-state index contributed by atoms with van der Waals surface area (Å²) in [5, 5.41) is 22.2. The van der Waals surface area contributed by atoms with E-state index in [2.05, 4.69) is 74.1 Å². The van der Waals surface area contributed by atoms with Gasteiger partial charge in [-0.05, 0) is 66.1 Å². The molecule has 0 spiro atoms. The number of Topliss-reactive ketones (excluding diaryl/α,β-unsaturated/α-hetero) is 2. The van der Waals surface area contributed by atoms with Gasteiger partial charge in [0.15, 0.2) is 0 Å². The van der Waals surface area contributed by atoms with E-state index >= 15 is 0 Å². The second-order valence-electron chi connectivity index (χ2n) is 12.9. The van der Waals surface area contributed by atoms with Crippen LogP contribution in [0.5, 0.6) is 0 Å². The van der Waals surface area contributed by atoms with E-state index in [1.165, 1.54) is 23.1 Å². The molecule has 0 radical (unpaired) electrons. The first-order chi connectivity index (χ1) is 25.7. The van der Waals surface area contributed by atoms with Crippen LogP contribution in [0.4, 0.5) is 43.8 Å². The summed E-state index contributed by atoms with van der Waals surface area (Å²) >= 11 is 0. The highest BCUT2D eigenvalue weighted by Gasteiger charge is 2.54. The molecule has 1 atom stereocenters. The number of hydrogen-bond acceptors (Lipinski definition) is 10. The second-order valence-corrected chi connectivity index (χ2v) is 12.9. The number of nitrogens with zero attached hydrogens (tertiary/aromatic N) is 4. The summed E-state index contributed by atoms with van der Waals surface area (Å²) in [6.45, 7) is 5.56. The minimum atomic E-state index is -5.77. The molecule has 11 nitrogen and oxygen atoms in total. The topological polar surface area (TPSA) is 149 Å². The Morgan fingerprint density at radius 2 is 1.63 bits per heavy atom. The predicted molar refractivity (Wildman–Crippen MR) is 189 cm³/mol. The van der Waals surface area contributed by atoms with Crippen molar-refractivity contribution in [3.05, 3.63) is 83.3 Å². The maximum absolute atomic E-state index is 12.1. The first-order valence-electron chi connectivity index (χ1n) is 17.4. The summed E-state index contributed by atoms with van der Waals surface area (Å²) in [6, 6.07) is 18.1. The van der Waals surface area contributed by atoms with Crippen LogP contribution in [0.25, 0.3) is 10.8 Å². The number of nitrogens with one attached hydrogen (secondary N) is 3. The van der Waals surface area contributed by atoms with Crippen LogP contribution >= 0.6 is 0 Å². The largest absolute Gasteiger partial charge is 0.480 e. The number of carboxylic acid groups (broad SMARTS) is 1. The molecule has 0 bridgehead atoms. The van der Waals surface area contributed by atoms with Crippen molar-refractivity contribution in [3.8, 4) is 0 Å². The van der Waals surface area contributed by atoms with Crippen molar-refractivity contribution in [1.82, 2.24) is 20.3 Å². The fourth-order valence-electron chi connectivity index (χ4n) is 6.40. The molecule has 2 aliphatic rings. The third-order valence-corrected chi connectivity index (χ3v) is 9.26. The molecule has 2 aliphatic heterocycles. The highest BCUT2D eigenvalue weighted by molar-refractivity contribution is 6.41. The number of anilines is 3. The van der Waals surface area contributed by atoms with Gasteiger partial charge in [0.05, 0.1) is 0 Å². The number of rotatable bonds is 11. The summed E-state index contributed by atoms with van der Waals surface area (Å²) < 4.78 is 67.0. The van der Waals surface area contributed by atoms with E-state index < -0.39 is 35.9 Å². The van der Waals surface area contributed by atoms with Crippen LogP contribution in [0.3, 0.4) is 0 Å². The van der Waals surface area contributed by atoms with Crippen LogP contribution in [0.15, 0.2) is 60.9 Å². The normalized spacial score (nSPS) is 15.4. The lowest BCUT2D eigenvalue weighted by Crippen LogP contribution is -2.42. The molecule has 54 heavy (non-hydrogen) atoms. The van der Waals surface area contributed by atoms with E-state index in [0.717, 1.165) is 73.5 Å². The van der Waals surface area contributed by atoms with Crippen molar-refractivity contribution in [1.29, 1.82) is 0 Å². The predicted octanol–water partition coefficient (Wildman–Crippen LogP) is 6.23. The molecule has 0 saturated carbocycles. The Morgan fingerprint density at radius 1 is 0.944 bits per heavy atom. The minimum Gasteiger partial charge on any atom is -0.480 e. The molecule has 0 aliphatic carbocycles. The molecule has 17 heteroatoms. The number of aliphatic carboxylic acids is 1. The fraction of sp³-hybridized carbons (Fsp3) is 0.405. The van der Waals surface area contributed by atoms with Crippen molar-refractivity contribution >= 4 is 45.8 Å². The average molecular weight is 760 g/mol. The summed E-state index contributed by atoms with van der Waals surface area (Å²) in [7, 11) is 0. The number of carbonyl (C=O) groups excluding carboxylic acids is 2. The maximum Gasteiger partial charge on any atom is 0.458 e. The van der Waals surface area contributed by atoms with Crippen LogP contribution in [0.2, 0.25) is 0 Å². The molecule has 288 valence electrons. The molecular formula is C37H39F6N7O4. The Kier molecular flexibility index (Phi) is 12.7. The lowest BCUT2D eigenvalue weighted by molar-refractivity contribution is -0.193. The molecule has 1 fully saturated rings. The summed E-state index contributed by atoms with van der Waals surface area (Å²) in [5.41, 5.74) is 4.57. The third-order valence-electron chi connectivity index (χ3n) is 9.26. The third kappa shape index (κ3) is 10.0. The van der Waals surface area contributed by atoms with Crippen LogP contribution in [0.1, 0.15) is 54.5 Å². The van der Waals surface area contributed by atoms with E-state index in [-0.39, 0.29) is 6.54 Å². The zero-order chi connectivity index (χ0) is 39.0. The molecule has 0 unspecified atom stereocenters. The van der Waals surface area contributed by atoms with Crippen LogP contribution in [-0.4, -0.2) is 82.2 Å². The highest BCUT2D eigenvalue weighted by Crippen LogP contribution is 2.33. The molecule has 4 N–H and O–H groups in total. The van der Waals surface area contributed by atoms with Gasteiger partial charge >= 0.3 is 29.9 Å². The van der Waals surface area contributed by atoms with Crippen molar-refractivity contribution in [2.75, 3.05) is 41.7 Å². The Hall–Kier alpha value is -5.32. The second kappa shape index (κ2) is 17.2. The zero-order valence-electron chi connectivity index (χ0n) is 29.2. The van der Waals surface area contributed by atoms with Crippen molar-refractivity contribution in [2.45, 2.75) is 69.9 Å². The van der Waals surface area contributed by atoms with Gasteiger partial charge < -0.3 is 20.6 Å². The number of fused-ring (bicyclic) bond motifs is 2. The number of carbonyl (C=O) groups is 3. The molecule has 4 aromatic rings. The number of carboxylic acids is 1. The first-order valence-corrected chi connectivity index (χ1v) is 17.4. The number of benzene rings is 2. The monoisotopic (exact) mass is 759 g/mol. The number of pyridine rings is 1. The van der Waals surface area contributed by atoms with Gasteiger partial charge in [-0.2, -0.15) is 26.3 Å². The molecule has 6 rings (SSSR count). The quantitative estimate of drug-likeness (QED) is 0.102. The SMILES string of the molecule is CCc1c(NC[C@H](NCc2ccc3ccccc3c2)C(=O)O)ncnc1N1CCC(c2ccc3c(n2)NCCC3)CC1.O=C(C(=O)C(F)(F)F)C(F)(F)F. The van der Waals surface area contributed by atoms with Crippen LogP contribution in [-0.2, 0) is 33.8 Å². The molecule has 2 aromatic heterocycles. The number of alkyl halides is 6. The summed E-state index contributed by atoms with van der Waals surface area (Å²) in [4.78, 5) is 47.8. The molecule has 2 aromatic carbocycles. The van der Waals surface area contributed by atoms with Crippen LogP contribution in [0, 0.1) is 0 Å². The van der Waals surface area contributed by atoms with Gasteiger partial charge in [-0.15, -0.1) is 0 Å². The number of ketones is 2. The van der Waals surface area contributed by atoms with Gasteiger partial charge in [-0.1, -0.05) is 49.4 Å². The Morgan fingerprint density at radius 3 is 2.28 bits per heavy atom. The lowest BCUT2D eigenvalue weighted by Gasteiger charge is -2.34. The Bertz CT molecular complexity index is 1940. The molecule has 1 saturated heterocycles. The van der Waals surface area contributed by atoms with Gasteiger partial charge in [0.1, 0.15) is 29.8 Å². The van der Waals surface area contributed by atoms with Crippen molar-refractivity contribution in [2.24, 2.45) is 0 Å². The molecule has 4 heterocycles. The Balaban J connectivity index is 0.000000404. The number of piperidine rings is 1. The number of aromatic nitrogens is 3. The maximum atomic E-state index is 12.1. The average Bonchev–Trinajstić information content (AvgIpc) is 3.16. The zero-order valence-corrected chi connectivity index (χ0v) is 29.2. The van der Waals surface area contributed by atoms with E-state index in [0.29, 0.717) is 18.3 Å². The van der Waals surface area contributed by atoms with Gasteiger partial charge in [0.2, 0.25) is 0 Å². The molecular weight excluding hydrogens is 720 g/mol. The minimum absolute atomic E-state index is 0.215. The molecule has 0 amide bonds. The van der Waals surface area contributed by atoms with Gasteiger partial charge in [-0.3, -0.25) is 19.7 Å².